The van der Waals surface area contributed by atoms with Gasteiger partial charge in [0.2, 0.25) is 0 Å². The number of hydrogen-bond donors (Lipinski definition) is 0. The van der Waals surface area contributed by atoms with Crippen molar-refractivity contribution in [2.24, 2.45) is 11.3 Å². The van der Waals surface area contributed by atoms with Gasteiger partial charge in [-0.2, -0.15) is 0 Å². The van der Waals surface area contributed by atoms with E-state index < -0.39 is 0 Å². The molecule has 2 nitrogen and oxygen atoms in total. The zero-order valence-corrected chi connectivity index (χ0v) is 15.6. The van der Waals surface area contributed by atoms with Gasteiger partial charge in [-0.15, -0.1) is 0 Å². The molecular weight excluding hydrogens is 292 g/mol. The van der Waals surface area contributed by atoms with Crippen molar-refractivity contribution < 1.29 is 0 Å². The molecule has 2 heterocycles. The van der Waals surface area contributed by atoms with Crippen LogP contribution in [0, 0.1) is 11.3 Å². The number of aromatic nitrogens is 1. The molecule has 2 heteroatoms. The average molecular weight is 325 g/mol. The number of likely N-dealkylation sites (tertiary alicyclic amines) is 1. The summed E-state index contributed by atoms with van der Waals surface area (Å²) in [6.07, 6.45) is 6.63. The van der Waals surface area contributed by atoms with E-state index in [2.05, 4.69) is 54.5 Å². The molecule has 1 unspecified atom stereocenters. The monoisotopic (exact) mass is 324 g/mol. The molecule has 1 saturated heterocycles. The smallest absolute Gasteiger partial charge is 0.0485 e. The SMILES string of the molecule is CC(C)(C)C1CCc2c(c3ccccc3n2CCN2CCCC2)C1. The Hall–Kier alpha value is -1.28. The number of fused-ring (bicyclic) bond motifs is 3. The molecule has 0 amide bonds. The van der Waals surface area contributed by atoms with E-state index in [4.69, 9.17) is 0 Å². The minimum absolute atomic E-state index is 0.413. The second-order valence-electron chi connectivity index (χ2n) is 8.95. The highest BCUT2D eigenvalue weighted by molar-refractivity contribution is 5.86. The fourth-order valence-corrected chi connectivity index (χ4v) is 4.84. The first kappa shape index (κ1) is 16.2. The summed E-state index contributed by atoms with van der Waals surface area (Å²) in [5.41, 5.74) is 5.17. The highest BCUT2D eigenvalue weighted by atomic mass is 15.2. The third-order valence-corrected chi connectivity index (χ3v) is 6.44. The van der Waals surface area contributed by atoms with E-state index in [1.165, 1.54) is 62.6 Å². The number of rotatable bonds is 3. The summed E-state index contributed by atoms with van der Waals surface area (Å²) in [6, 6.07) is 9.12. The number of hydrogen-bond acceptors (Lipinski definition) is 1. The van der Waals surface area contributed by atoms with E-state index in [-0.39, 0.29) is 0 Å². The molecule has 0 bridgehead atoms. The van der Waals surface area contributed by atoms with Gasteiger partial charge in [0.25, 0.3) is 0 Å². The fraction of sp³-hybridized carbons (Fsp3) is 0.636. The van der Waals surface area contributed by atoms with Crippen LogP contribution in [-0.4, -0.2) is 29.1 Å². The van der Waals surface area contributed by atoms with E-state index in [0.717, 1.165) is 12.5 Å². The predicted octanol–water partition coefficient (Wildman–Crippen LogP) is 4.89. The van der Waals surface area contributed by atoms with Gasteiger partial charge >= 0.3 is 0 Å². The lowest BCUT2D eigenvalue weighted by atomic mass is 9.71. The van der Waals surface area contributed by atoms with E-state index >= 15 is 0 Å². The Morgan fingerprint density at radius 2 is 1.79 bits per heavy atom. The molecule has 24 heavy (non-hydrogen) atoms. The van der Waals surface area contributed by atoms with Crippen LogP contribution in [0.1, 0.15) is 51.3 Å². The number of para-hydroxylation sites is 1. The molecular formula is C22H32N2. The quantitative estimate of drug-likeness (QED) is 0.780. The summed E-state index contributed by atoms with van der Waals surface area (Å²) in [5.74, 6) is 0.808. The second-order valence-corrected chi connectivity index (χ2v) is 8.95. The normalized spacial score (nSPS) is 22.2. The molecule has 2 aliphatic rings. The van der Waals surface area contributed by atoms with Crippen molar-refractivity contribution in [3.8, 4) is 0 Å². The maximum Gasteiger partial charge on any atom is 0.0485 e. The lowest BCUT2D eigenvalue weighted by Gasteiger charge is -2.34. The zero-order valence-electron chi connectivity index (χ0n) is 15.6. The van der Waals surface area contributed by atoms with Crippen LogP contribution in [0.2, 0.25) is 0 Å². The van der Waals surface area contributed by atoms with Crippen LogP contribution in [0.5, 0.6) is 0 Å². The Morgan fingerprint density at radius 3 is 2.54 bits per heavy atom. The predicted molar refractivity (Wildman–Crippen MR) is 103 cm³/mol. The Morgan fingerprint density at radius 1 is 1.04 bits per heavy atom. The topological polar surface area (TPSA) is 8.17 Å². The van der Waals surface area contributed by atoms with Crippen LogP contribution in [0.25, 0.3) is 10.9 Å². The van der Waals surface area contributed by atoms with Gasteiger partial charge in [-0.25, -0.2) is 0 Å². The summed E-state index contributed by atoms with van der Waals surface area (Å²) < 4.78 is 2.65. The van der Waals surface area contributed by atoms with Crippen molar-refractivity contribution >= 4 is 10.9 Å². The molecule has 4 rings (SSSR count). The lowest BCUT2D eigenvalue weighted by molar-refractivity contribution is 0.214. The highest BCUT2D eigenvalue weighted by Crippen LogP contribution is 2.41. The molecule has 1 aliphatic heterocycles. The van der Waals surface area contributed by atoms with Gasteiger partial charge < -0.3 is 9.47 Å². The zero-order chi connectivity index (χ0) is 16.7. The fourth-order valence-electron chi connectivity index (χ4n) is 4.84. The molecule has 0 N–H and O–H groups in total. The Kier molecular flexibility index (Phi) is 4.20. The average Bonchev–Trinajstić information content (AvgIpc) is 3.17. The van der Waals surface area contributed by atoms with Gasteiger partial charge in [0.05, 0.1) is 0 Å². The summed E-state index contributed by atoms with van der Waals surface area (Å²) in [5, 5.41) is 1.52. The molecule has 2 aromatic rings. The summed E-state index contributed by atoms with van der Waals surface area (Å²) in [4.78, 5) is 2.64. The maximum absolute atomic E-state index is 2.65. The van der Waals surface area contributed by atoms with Gasteiger partial charge in [0, 0.05) is 29.7 Å². The molecule has 1 aliphatic carbocycles. The molecule has 1 atom stereocenters. The van der Waals surface area contributed by atoms with Crippen LogP contribution >= 0.6 is 0 Å². The van der Waals surface area contributed by atoms with Crippen molar-refractivity contribution in [3.05, 3.63) is 35.5 Å². The van der Waals surface area contributed by atoms with Gasteiger partial charge in [-0.1, -0.05) is 39.0 Å². The lowest BCUT2D eigenvalue weighted by Crippen LogP contribution is -2.28. The Labute approximate surface area is 146 Å². The molecule has 1 fully saturated rings. The van der Waals surface area contributed by atoms with E-state index in [1.807, 2.05) is 0 Å². The van der Waals surface area contributed by atoms with E-state index in [9.17, 15) is 0 Å². The summed E-state index contributed by atoms with van der Waals surface area (Å²) in [6.45, 7) is 12.2. The van der Waals surface area contributed by atoms with E-state index in [0.29, 0.717) is 5.41 Å². The number of nitrogens with zero attached hydrogens (tertiary/aromatic N) is 2. The summed E-state index contributed by atoms with van der Waals surface area (Å²) >= 11 is 0. The molecule has 1 aromatic carbocycles. The minimum Gasteiger partial charge on any atom is -0.343 e. The van der Waals surface area contributed by atoms with Crippen molar-refractivity contribution in [1.29, 1.82) is 0 Å². The molecule has 0 spiro atoms. The van der Waals surface area contributed by atoms with Crippen molar-refractivity contribution in [2.75, 3.05) is 19.6 Å². The van der Waals surface area contributed by atoms with Crippen molar-refractivity contribution in [2.45, 2.75) is 59.4 Å². The maximum atomic E-state index is 2.65. The first-order valence-electron chi connectivity index (χ1n) is 9.85. The molecule has 0 radical (unpaired) electrons. The third kappa shape index (κ3) is 2.90. The third-order valence-electron chi connectivity index (χ3n) is 6.44. The second kappa shape index (κ2) is 6.22. The first-order valence-corrected chi connectivity index (χ1v) is 9.85. The Balaban J connectivity index is 1.67. The molecule has 130 valence electrons. The standard InChI is InChI=1S/C22H32N2/c1-22(2,3)17-10-11-21-19(16-17)18-8-4-5-9-20(18)24(21)15-14-23-12-6-7-13-23/h4-5,8-9,17H,6-7,10-16H2,1-3H3. The van der Waals surface area contributed by atoms with Gasteiger partial charge in [0.15, 0.2) is 0 Å². The van der Waals surface area contributed by atoms with Crippen LogP contribution < -0.4 is 0 Å². The minimum atomic E-state index is 0.413. The van der Waals surface area contributed by atoms with Gasteiger partial charge in [0.1, 0.15) is 0 Å². The van der Waals surface area contributed by atoms with E-state index in [1.54, 1.807) is 11.3 Å². The van der Waals surface area contributed by atoms with Crippen LogP contribution in [0.15, 0.2) is 24.3 Å². The van der Waals surface area contributed by atoms with Crippen LogP contribution in [-0.2, 0) is 19.4 Å². The highest BCUT2D eigenvalue weighted by Gasteiger charge is 2.31. The summed E-state index contributed by atoms with van der Waals surface area (Å²) in [7, 11) is 0. The largest absolute Gasteiger partial charge is 0.343 e. The molecule has 0 saturated carbocycles. The van der Waals surface area contributed by atoms with Crippen LogP contribution in [0.3, 0.4) is 0 Å². The van der Waals surface area contributed by atoms with Crippen molar-refractivity contribution in [1.82, 2.24) is 9.47 Å². The number of benzene rings is 1. The van der Waals surface area contributed by atoms with Crippen LogP contribution in [0.4, 0.5) is 0 Å². The van der Waals surface area contributed by atoms with Crippen molar-refractivity contribution in [3.63, 3.8) is 0 Å². The Bertz CT molecular complexity index is 713. The first-order chi connectivity index (χ1) is 11.5. The molecule has 1 aromatic heterocycles. The van der Waals surface area contributed by atoms with Gasteiger partial charge in [-0.05, 0) is 68.2 Å². The van der Waals surface area contributed by atoms with Gasteiger partial charge in [-0.3, -0.25) is 0 Å².